The molecule has 0 radical (unpaired) electrons. The third-order valence-corrected chi connectivity index (χ3v) is 5.86. The van der Waals surface area contributed by atoms with Gasteiger partial charge < -0.3 is 19.3 Å². The van der Waals surface area contributed by atoms with Crippen molar-refractivity contribution >= 4 is 11.8 Å². The van der Waals surface area contributed by atoms with E-state index in [0.29, 0.717) is 18.9 Å². The first-order valence-corrected chi connectivity index (χ1v) is 10.2. The maximum Gasteiger partial charge on any atom is 0.245 e. The van der Waals surface area contributed by atoms with Crippen molar-refractivity contribution in [2.45, 2.75) is 57.5 Å². The van der Waals surface area contributed by atoms with Crippen molar-refractivity contribution < 1.29 is 9.59 Å². The number of aromatic nitrogens is 2. The molecule has 7 heteroatoms. The van der Waals surface area contributed by atoms with E-state index in [0.717, 1.165) is 57.7 Å². The Balaban J connectivity index is 1.52. The number of hydrogen-bond acceptors (Lipinski definition) is 4. The summed E-state index contributed by atoms with van der Waals surface area (Å²) in [6.45, 7) is 6.14. The molecule has 0 N–H and O–H groups in total. The van der Waals surface area contributed by atoms with Crippen molar-refractivity contribution in [3.05, 3.63) is 18.2 Å². The van der Waals surface area contributed by atoms with Crippen LogP contribution in [0.15, 0.2) is 12.4 Å². The van der Waals surface area contributed by atoms with Gasteiger partial charge in [0.25, 0.3) is 0 Å². The molecule has 27 heavy (non-hydrogen) atoms. The van der Waals surface area contributed by atoms with Gasteiger partial charge in [-0.2, -0.15) is 0 Å². The van der Waals surface area contributed by atoms with Crippen LogP contribution >= 0.6 is 0 Å². The summed E-state index contributed by atoms with van der Waals surface area (Å²) in [4.78, 5) is 35.2. The highest BCUT2D eigenvalue weighted by molar-refractivity contribution is 5.88. The van der Waals surface area contributed by atoms with Crippen LogP contribution in [-0.2, 0) is 16.1 Å². The van der Waals surface area contributed by atoms with Gasteiger partial charge in [-0.1, -0.05) is 0 Å². The number of carbonyl (C=O) groups is 2. The lowest BCUT2D eigenvalue weighted by atomic mass is 9.95. The molecule has 2 aliphatic rings. The van der Waals surface area contributed by atoms with Gasteiger partial charge in [0.05, 0.1) is 0 Å². The van der Waals surface area contributed by atoms with Crippen LogP contribution in [0.3, 0.4) is 0 Å². The molecule has 2 saturated heterocycles. The van der Waals surface area contributed by atoms with Gasteiger partial charge in [0, 0.05) is 50.9 Å². The normalized spacial score (nSPS) is 19.9. The molecule has 0 spiro atoms. The van der Waals surface area contributed by atoms with E-state index in [2.05, 4.69) is 34.7 Å². The second kappa shape index (κ2) is 8.87. The smallest absolute Gasteiger partial charge is 0.245 e. The average Bonchev–Trinajstić information content (AvgIpc) is 3.29. The predicted molar refractivity (Wildman–Crippen MR) is 104 cm³/mol. The standard InChI is InChI=1S/C20H33N5O2/c1-16(25-12-4-6-18(25)26)20(27)24-13-7-17(8-14-24)19-21-9-15-23(19)11-5-10-22(2)3/h9,15-17H,4-8,10-14H2,1-3H3/t16-/m0/s1. The van der Waals surface area contributed by atoms with Gasteiger partial charge >= 0.3 is 0 Å². The van der Waals surface area contributed by atoms with E-state index in [4.69, 9.17) is 0 Å². The van der Waals surface area contributed by atoms with Crippen molar-refractivity contribution in [2.75, 3.05) is 40.3 Å². The van der Waals surface area contributed by atoms with E-state index < -0.39 is 0 Å². The summed E-state index contributed by atoms with van der Waals surface area (Å²) in [5.74, 6) is 1.78. The SMILES string of the molecule is C[C@@H](C(=O)N1CCC(c2nccn2CCCN(C)C)CC1)N1CCCC1=O. The van der Waals surface area contributed by atoms with Gasteiger partial charge in [-0.3, -0.25) is 9.59 Å². The van der Waals surface area contributed by atoms with Crippen LogP contribution in [0.2, 0.25) is 0 Å². The van der Waals surface area contributed by atoms with Crippen LogP contribution in [0.25, 0.3) is 0 Å². The molecule has 0 saturated carbocycles. The fraction of sp³-hybridized carbons (Fsp3) is 0.750. The van der Waals surface area contributed by atoms with Gasteiger partial charge in [-0.25, -0.2) is 4.98 Å². The zero-order valence-corrected chi connectivity index (χ0v) is 16.9. The lowest BCUT2D eigenvalue weighted by Crippen LogP contribution is -2.49. The van der Waals surface area contributed by atoms with E-state index in [-0.39, 0.29) is 17.9 Å². The zero-order valence-electron chi connectivity index (χ0n) is 16.9. The van der Waals surface area contributed by atoms with Crippen molar-refractivity contribution in [1.82, 2.24) is 24.3 Å². The lowest BCUT2D eigenvalue weighted by molar-refractivity contribution is -0.143. The molecule has 0 bridgehead atoms. The number of piperidine rings is 1. The molecular formula is C20H33N5O2. The van der Waals surface area contributed by atoms with E-state index in [1.807, 2.05) is 18.0 Å². The zero-order chi connectivity index (χ0) is 19.4. The maximum absolute atomic E-state index is 12.8. The third kappa shape index (κ3) is 4.69. The van der Waals surface area contributed by atoms with E-state index >= 15 is 0 Å². The van der Waals surface area contributed by atoms with Gasteiger partial charge in [-0.05, 0) is 53.2 Å². The minimum Gasteiger partial charge on any atom is -0.341 e. The van der Waals surface area contributed by atoms with Gasteiger partial charge in [0.1, 0.15) is 11.9 Å². The number of hydrogen-bond donors (Lipinski definition) is 0. The third-order valence-electron chi connectivity index (χ3n) is 5.86. The molecule has 150 valence electrons. The van der Waals surface area contributed by atoms with Crippen LogP contribution in [0.4, 0.5) is 0 Å². The Morgan fingerprint density at radius 3 is 2.67 bits per heavy atom. The Morgan fingerprint density at radius 1 is 1.30 bits per heavy atom. The summed E-state index contributed by atoms with van der Waals surface area (Å²) in [5.41, 5.74) is 0. The number of imidazole rings is 1. The fourth-order valence-electron chi connectivity index (χ4n) is 4.26. The molecule has 3 rings (SSSR count). The topological polar surface area (TPSA) is 61.7 Å². The van der Waals surface area contributed by atoms with Crippen LogP contribution in [-0.4, -0.2) is 82.4 Å². The van der Waals surface area contributed by atoms with Crippen LogP contribution < -0.4 is 0 Å². The molecule has 3 heterocycles. The number of aryl methyl sites for hydroxylation is 1. The van der Waals surface area contributed by atoms with Crippen molar-refractivity contribution in [3.8, 4) is 0 Å². The van der Waals surface area contributed by atoms with Gasteiger partial charge in [-0.15, -0.1) is 0 Å². The molecule has 1 atom stereocenters. The molecule has 0 aromatic carbocycles. The molecule has 0 aliphatic carbocycles. The molecule has 0 unspecified atom stereocenters. The Labute approximate surface area is 162 Å². The summed E-state index contributed by atoms with van der Waals surface area (Å²) >= 11 is 0. The second-order valence-corrected chi connectivity index (χ2v) is 8.10. The lowest BCUT2D eigenvalue weighted by Gasteiger charge is -2.35. The molecular weight excluding hydrogens is 342 g/mol. The quantitative estimate of drug-likeness (QED) is 0.725. The Bertz CT molecular complexity index is 649. The first kappa shape index (κ1) is 19.9. The highest BCUT2D eigenvalue weighted by atomic mass is 16.2. The van der Waals surface area contributed by atoms with Gasteiger partial charge in [0.15, 0.2) is 0 Å². The average molecular weight is 376 g/mol. The first-order valence-electron chi connectivity index (χ1n) is 10.2. The van der Waals surface area contributed by atoms with E-state index in [1.165, 1.54) is 0 Å². The molecule has 2 aliphatic heterocycles. The summed E-state index contributed by atoms with van der Waals surface area (Å²) in [6, 6.07) is -0.329. The van der Waals surface area contributed by atoms with Gasteiger partial charge in [0.2, 0.25) is 11.8 Å². The minimum atomic E-state index is -0.329. The monoisotopic (exact) mass is 375 g/mol. The van der Waals surface area contributed by atoms with E-state index in [9.17, 15) is 9.59 Å². The second-order valence-electron chi connectivity index (χ2n) is 8.10. The number of amides is 2. The largest absolute Gasteiger partial charge is 0.341 e. The maximum atomic E-state index is 12.8. The van der Waals surface area contributed by atoms with Crippen LogP contribution in [0.5, 0.6) is 0 Å². The summed E-state index contributed by atoms with van der Waals surface area (Å²) < 4.78 is 2.27. The number of carbonyl (C=O) groups excluding carboxylic acids is 2. The molecule has 1 aromatic rings. The molecule has 7 nitrogen and oxygen atoms in total. The predicted octanol–water partition coefficient (Wildman–Crippen LogP) is 1.55. The Kier molecular flexibility index (Phi) is 6.52. The summed E-state index contributed by atoms with van der Waals surface area (Å²) in [5, 5.41) is 0. The van der Waals surface area contributed by atoms with Crippen LogP contribution in [0, 0.1) is 0 Å². The first-order chi connectivity index (χ1) is 13.0. The Hall–Kier alpha value is -1.89. The highest BCUT2D eigenvalue weighted by Crippen LogP contribution is 2.28. The number of nitrogens with zero attached hydrogens (tertiary/aromatic N) is 5. The summed E-state index contributed by atoms with van der Waals surface area (Å²) in [7, 11) is 4.19. The summed E-state index contributed by atoms with van der Waals surface area (Å²) in [6.07, 6.45) is 8.40. The number of likely N-dealkylation sites (tertiary alicyclic amines) is 2. The van der Waals surface area contributed by atoms with Crippen LogP contribution in [0.1, 0.15) is 50.8 Å². The molecule has 2 amide bonds. The highest BCUT2D eigenvalue weighted by Gasteiger charge is 2.34. The number of rotatable bonds is 7. The molecule has 2 fully saturated rings. The minimum absolute atomic E-state index is 0.0954. The van der Waals surface area contributed by atoms with Crippen molar-refractivity contribution in [1.29, 1.82) is 0 Å². The van der Waals surface area contributed by atoms with E-state index in [1.54, 1.807) is 4.90 Å². The Morgan fingerprint density at radius 2 is 2.04 bits per heavy atom. The van der Waals surface area contributed by atoms with Crippen molar-refractivity contribution in [3.63, 3.8) is 0 Å². The molecule has 1 aromatic heterocycles. The van der Waals surface area contributed by atoms with Crippen molar-refractivity contribution in [2.24, 2.45) is 0 Å². The fourth-order valence-corrected chi connectivity index (χ4v) is 4.26.